The van der Waals surface area contributed by atoms with Crippen molar-refractivity contribution in [2.45, 2.75) is 51.7 Å². The van der Waals surface area contributed by atoms with Crippen LogP contribution in [0.25, 0.3) is 0 Å². The predicted molar refractivity (Wildman–Crippen MR) is 59.2 cm³/mol. The number of hydrogen-bond acceptors (Lipinski definition) is 5. The molecular weight excluding hydrogens is 222 g/mol. The van der Waals surface area contributed by atoms with E-state index in [-0.39, 0.29) is 6.61 Å². The zero-order valence-electron chi connectivity index (χ0n) is 10.2. The third-order valence-corrected chi connectivity index (χ3v) is 3.21. The lowest BCUT2D eigenvalue weighted by Crippen LogP contribution is -2.36. The van der Waals surface area contributed by atoms with Gasteiger partial charge in [0.05, 0.1) is 5.69 Å². The summed E-state index contributed by atoms with van der Waals surface area (Å²) in [5, 5.41) is 9.97. The van der Waals surface area contributed by atoms with Crippen LogP contribution in [-0.4, -0.2) is 21.7 Å². The standard InChI is InChI=1S/C12H17NO4/c1-8-9(2)17-10(13-8)7-16-11(14)12(15)5-3-4-6-12/h15H,3-7H2,1-2H3. The van der Waals surface area contributed by atoms with Gasteiger partial charge in [0.15, 0.2) is 12.2 Å². The zero-order chi connectivity index (χ0) is 12.5. The maximum Gasteiger partial charge on any atom is 0.338 e. The Morgan fingerprint density at radius 2 is 2.12 bits per heavy atom. The quantitative estimate of drug-likeness (QED) is 0.812. The highest BCUT2D eigenvalue weighted by Gasteiger charge is 2.40. The van der Waals surface area contributed by atoms with Gasteiger partial charge in [0.25, 0.3) is 0 Å². The van der Waals surface area contributed by atoms with Crippen LogP contribution in [0, 0.1) is 13.8 Å². The Hall–Kier alpha value is -1.36. The first-order valence-electron chi connectivity index (χ1n) is 5.84. The first-order valence-corrected chi connectivity index (χ1v) is 5.84. The van der Waals surface area contributed by atoms with Crippen LogP contribution < -0.4 is 0 Å². The smallest absolute Gasteiger partial charge is 0.338 e. The molecular formula is C12H17NO4. The number of aryl methyl sites for hydroxylation is 2. The van der Waals surface area contributed by atoms with Crippen molar-refractivity contribution in [3.05, 3.63) is 17.3 Å². The molecule has 0 unspecified atom stereocenters. The van der Waals surface area contributed by atoms with Crippen molar-refractivity contribution in [1.82, 2.24) is 4.98 Å². The number of aromatic nitrogens is 1. The van der Waals surface area contributed by atoms with E-state index in [0.29, 0.717) is 18.7 Å². The molecule has 0 radical (unpaired) electrons. The van der Waals surface area contributed by atoms with E-state index >= 15 is 0 Å². The van der Waals surface area contributed by atoms with Crippen molar-refractivity contribution in [2.75, 3.05) is 0 Å². The van der Waals surface area contributed by atoms with Gasteiger partial charge in [0.2, 0.25) is 5.89 Å². The first-order chi connectivity index (χ1) is 8.01. The molecule has 1 N–H and O–H groups in total. The Bertz CT molecular complexity index is 399. The minimum Gasteiger partial charge on any atom is -0.454 e. The molecule has 1 aromatic heterocycles. The molecule has 1 aliphatic rings. The van der Waals surface area contributed by atoms with Crippen molar-refractivity contribution >= 4 is 5.97 Å². The number of rotatable bonds is 3. The molecule has 0 bridgehead atoms. The summed E-state index contributed by atoms with van der Waals surface area (Å²) >= 11 is 0. The number of esters is 1. The topological polar surface area (TPSA) is 72.6 Å². The second kappa shape index (κ2) is 4.49. The molecule has 5 heteroatoms. The predicted octanol–water partition coefficient (Wildman–Crippen LogP) is 1.64. The van der Waals surface area contributed by atoms with Crippen molar-refractivity contribution in [1.29, 1.82) is 0 Å². The van der Waals surface area contributed by atoms with E-state index in [4.69, 9.17) is 9.15 Å². The molecule has 0 spiro atoms. The van der Waals surface area contributed by atoms with E-state index < -0.39 is 11.6 Å². The molecule has 5 nitrogen and oxygen atoms in total. The van der Waals surface area contributed by atoms with Crippen LogP contribution in [0.15, 0.2) is 4.42 Å². The fourth-order valence-electron chi connectivity index (χ4n) is 2.03. The molecule has 0 atom stereocenters. The third-order valence-electron chi connectivity index (χ3n) is 3.21. The molecule has 0 saturated heterocycles. The number of carbonyl (C=O) groups is 1. The van der Waals surface area contributed by atoms with Gasteiger partial charge in [-0.2, -0.15) is 0 Å². The zero-order valence-corrected chi connectivity index (χ0v) is 10.2. The van der Waals surface area contributed by atoms with Gasteiger partial charge < -0.3 is 14.3 Å². The number of ether oxygens (including phenoxy) is 1. The van der Waals surface area contributed by atoms with E-state index in [2.05, 4.69) is 4.98 Å². The van der Waals surface area contributed by atoms with Crippen LogP contribution in [0.3, 0.4) is 0 Å². The number of oxazole rings is 1. The number of carbonyl (C=O) groups excluding carboxylic acids is 1. The molecule has 0 amide bonds. The Labute approximate surface area is 99.8 Å². The largest absolute Gasteiger partial charge is 0.454 e. The molecule has 1 fully saturated rings. The molecule has 94 valence electrons. The second-order valence-corrected chi connectivity index (χ2v) is 4.56. The Kier molecular flexibility index (Phi) is 3.19. The van der Waals surface area contributed by atoms with Crippen molar-refractivity contribution in [2.24, 2.45) is 0 Å². The van der Waals surface area contributed by atoms with Crippen LogP contribution in [0.5, 0.6) is 0 Å². The Balaban J connectivity index is 1.92. The third kappa shape index (κ3) is 2.49. The summed E-state index contributed by atoms with van der Waals surface area (Å²) in [6.45, 7) is 3.61. The lowest BCUT2D eigenvalue weighted by atomic mass is 10.0. The molecule has 2 rings (SSSR count). The molecule has 1 aliphatic carbocycles. The summed E-state index contributed by atoms with van der Waals surface area (Å²) in [5.41, 5.74) is -0.507. The lowest BCUT2D eigenvalue weighted by Gasteiger charge is -2.18. The minimum atomic E-state index is -1.29. The molecule has 0 aliphatic heterocycles. The van der Waals surface area contributed by atoms with Gasteiger partial charge in [-0.3, -0.25) is 0 Å². The first kappa shape index (κ1) is 12.1. The molecule has 1 aromatic rings. The average Bonchev–Trinajstić information content (AvgIpc) is 2.85. The van der Waals surface area contributed by atoms with Crippen LogP contribution in [0.4, 0.5) is 0 Å². The van der Waals surface area contributed by atoms with Gasteiger partial charge in [0.1, 0.15) is 5.76 Å². The van der Waals surface area contributed by atoms with Crippen LogP contribution in [0.2, 0.25) is 0 Å². The fourth-order valence-corrected chi connectivity index (χ4v) is 2.03. The summed E-state index contributed by atoms with van der Waals surface area (Å²) in [4.78, 5) is 15.8. The monoisotopic (exact) mass is 239 g/mol. The van der Waals surface area contributed by atoms with Gasteiger partial charge in [-0.25, -0.2) is 9.78 Å². The number of hydrogen-bond donors (Lipinski definition) is 1. The Morgan fingerprint density at radius 3 is 2.65 bits per heavy atom. The highest BCUT2D eigenvalue weighted by atomic mass is 16.6. The summed E-state index contributed by atoms with van der Waals surface area (Å²) in [5.74, 6) is 0.522. The maximum atomic E-state index is 11.7. The summed E-state index contributed by atoms with van der Waals surface area (Å²) in [6, 6.07) is 0. The minimum absolute atomic E-state index is 0.0180. The van der Waals surface area contributed by atoms with Crippen LogP contribution >= 0.6 is 0 Å². The van der Waals surface area contributed by atoms with E-state index in [1.165, 1.54) is 0 Å². The van der Waals surface area contributed by atoms with Gasteiger partial charge in [-0.05, 0) is 39.5 Å². The average molecular weight is 239 g/mol. The Morgan fingerprint density at radius 1 is 1.47 bits per heavy atom. The SMILES string of the molecule is Cc1nc(COC(=O)C2(O)CCCC2)oc1C. The fraction of sp³-hybridized carbons (Fsp3) is 0.667. The number of nitrogens with zero attached hydrogens (tertiary/aromatic N) is 1. The molecule has 1 saturated carbocycles. The molecule has 1 heterocycles. The second-order valence-electron chi connectivity index (χ2n) is 4.56. The van der Waals surface area contributed by atoms with E-state index in [1.54, 1.807) is 6.92 Å². The summed E-state index contributed by atoms with van der Waals surface area (Å²) in [7, 11) is 0. The van der Waals surface area contributed by atoms with Gasteiger partial charge in [-0.1, -0.05) is 0 Å². The normalized spacial score (nSPS) is 18.3. The van der Waals surface area contributed by atoms with Gasteiger partial charge >= 0.3 is 5.97 Å². The van der Waals surface area contributed by atoms with E-state index in [9.17, 15) is 9.90 Å². The van der Waals surface area contributed by atoms with E-state index in [0.717, 1.165) is 24.3 Å². The summed E-state index contributed by atoms with van der Waals surface area (Å²) in [6.07, 6.45) is 2.69. The molecule has 17 heavy (non-hydrogen) atoms. The highest BCUT2D eigenvalue weighted by Crippen LogP contribution is 2.30. The summed E-state index contributed by atoms with van der Waals surface area (Å²) < 4.78 is 10.3. The van der Waals surface area contributed by atoms with Crippen molar-refractivity contribution < 1.29 is 19.1 Å². The van der Waals surface area contributed by atoms with Crippen molar-refractivity contribution in [3.63, 3.8) is 0 Å². The van der Waals surface area contributed by atoms with Crippen LogP contribution in [0.1, 0.15) is 43.0 Å². The maximum absolute atomic E-state index is 11.7. The highest BCUT2D eigenvalue weighted by molar-refractivity contribution is 5.79. The van der Waals surface area contributed by atoms with Crippen LogP contribution in [-0.2, 0) is 16.1 Å². The van der Waals surface area contributed by atoms with Crippen molar-refractivity contribution in [3.8, 4) is 0 Å². The van der Waals surface area contributed by atoms with E-state index in [1.807, 2.05) is 6.92 Å². The lowest BCUT2D eigenvalue weighted by molar-refractivity contribution is -0.166. The number of aliphatic hydroxyl groups is 1. The molecule has 0 aromatic carbocycles. The van der Waals surface area contributed by atoms with Gasteiger partial charge in [0, 0.05) is 0 Å². The van der Waals surface area contributed by atoms with Gasteiger partial charge in [-0.15, -0.1) is 0 Å².